The van der Waals surface area contributed by atoms with E-state index in [1.807, 2.05) is 24.8 Å². The molecule has 4 nitrogen and oxygen atoms in total. The molecule has 1 heterocycles. The van der Waals surface area contributed by atoms with Gasteiger partial charge in [-0.25, -0.2) is 0 Å². The zero-order valence-corrected chi connectivity index (χ0v) is 15.0. The number of carbonyl (C=O) groups is 1. The number of benzene rings is 1. The summed E-state index contributed by atoms with van der Waals surface area (Å²) in [4.78, 5) is 14.7. The van der Waals surface area contributed by atoms with E-state index in [0.29, 0.717) is 5.92 Å². The second-order valence-electron chi connectivity index (χ2n) is 7.12. The Morgan fingerprint density at radius 3 is 2.65 bits per heavy atom. The lowest BCUT2D eigenvalue weighted by molar-refractivity contribution is -0.141. The average Bonchev–Trinajstić information content (AvgIpc) is 2.46. The van der Waals surface area contributed by atoms with Gasteiger partial charge in [0.1, 0.15) is 5.75 Å². The Morgan fingerprint density at radius 1 is 1.35 bits per heavy atom. The van der Waals surface area contributed by atoms with Crippen molar-refractivity contribution in [3.63, 3.8) is 0 Å². The predicted octanol–water partition coefficient (Wildman–Crippen LogP) is 3.22. The van der Waals surface area contributed by atoms with Crippen LogP contribution in [0.25, 0.3) is 0 Å². The number of piperidine rings is 1. The third-order valence-corrected chi connectivity index (χ3v) is 4.64. The fourth-order valence-corrected chi connectivity index (χ4v) is 3.23. The molecule has 2 N–H and O–H groups in total. The lowest BCUT2D eigenvalue weighted by Gasteiger charge is -2.37. The number of likely N-dealkylation sites (tertiary alicyclic amines) is 1. The molecule has 1 aromatic rings. The Morgan fingerprint density at radius 2 is 2.04 bits per heavy atom. The molecule has 1 fully saturated rings. The Bertz CT molecular complexity index is 556. The normalized spacial score (nSPS) is 23.0. The van der Waals surface area contributed by atoms with Gasteiger partial charge in [0, 0.05) is 18.6 Å². The first-order valence-corrected chi connectivity index (χ1v) is 8.62. The fraction of sp³-hybridized carbons (Fsp3) is 0.632. The molecular weight excluding hydrogens is 288 g/mol. The molecule has 23 heavy (non-hydrogen) atoms. The van der Waals surface area contributed by atoms with Crippen LogP contribution in [0.4, 0.5) is 0 Å². The van der Waals surface area contributed by atoms with Gasteiger partial charge in [-0.3, -0.25) is 4.79 Å². The molecule has 1 aliphatic rings. The van der Waals surface area contributed by atoms with Gasteiger partial charge in [-0.15, -0.1) is 0 Å². The standard InChI is InChI=1S/C19H30N2O2/c1-12(2)17-7-6-13(3)10-18(17)23-15(5)19(22)21-9-8-16(20)11-14(21)4/h6-7,10,12,14-16H,8-9,11,20H2,1-5H3/t14-,15-,16-/m1/s1. The van der Waals surface area contributed by atoms with Crippen LogP contribution in [0, 0.1) is 6.92 Å². The van der Waals surface area contributed by atoms with Gasteiger partial charge in [-0.2, -0.15) is 0 Å². The number of carbonyl (C=O) groups excluding carboxylic acids is 1. The highest BCUT2D eigenvalue weighted by atomic mass is 16.5. The maximum Gasteiger partial charge on any atom is 0.263 e. The molecule has 3 atom stereocenters. The van der Waals surface area contributed by atoms with Gasteiger partial charge < -0.3 is 15.4 Å². The maximum absolute atomic E-state index is 12.7. The van der Waals surface area contributed by atoms with Gasteiger partial charge in [0.25, 0.3) is 5.91 Å². The van der Waals surface area contributed by atoms with Gasteiger partial charge in [0.05, 0.1) is 0 Å². The van der Waals surface area contributed by atoms with Crippen molar-refractivity contribution in [2.24, 2.45) is 5.73 Å². The molecular formula is C19H30N2O2. The van der Waals surface area contributed by atoms with Crippen LogP contribution in [0.1, 0.15) is 57.6 Å². The fourth-order valence-electron chi connectivity index (χ4n) is 3.23. The van der Waals surface area contributed by atoms with E-state index in [0.717, 1.165) is 36.3 Å². The molecule has 4 heteroatoms. The van der Waals surface area contributed by atoms with E-state index >= 15 is 0 Å². The maximum atomic E-state index is 12.7. The first-order chi connectivity index (χ1) is 10.8. The minimum atomic E-state index is -0.480. The number of hydrogen-bond acceptors (Lipinski definition) is 3. The number of aryl methyl sites for hydroxylation is 1. The average molecular weight is 318 g/mol. The van der Waals surface area contributed by atoms with Gasteiger partial charge in [0.15, 0.2) is 6.10 Å². The zero-order chi connectivity index (χ0) is 17.1. The van der Waals surface area contributed by atoms with E-state index in [4.69, 9.17) is 10.5 Å². The van der Waals surface area contributed by atoms with Crippen LogP contribution in [0.15, 0.2) is 18.2 Å². The van der Waals surface area contributed by atoms with E-state index in [-0.39, 0.29) is 18.0 Å². The highest BCUT2D eigenvalue weighted by molar-refractivity contribution is 5.81. The minimum Gasteiger partial charge on any atom is -0.481 e. The van der Waals surface area contributed by atoms with Crippen molar-refractivity contribution < 1.29 is 9.53 Å². The summed E-state index contributed by atoms with van der Waals surface area (Å²) >= 11 is 0. The number of amides is 1. The minimum absolute atomic E-state index is 0.0561. The molecule has 2 rings (SSSR count). The van der Waals surface area contributed by atoms with E-state index in [9.17, 15) is 4.79 Å². The molecule has 0 aromatic heterocycles. The van der Waals surface area contributed by atoms with Crippen molar-refractivity contribution in [2.45, 2.75) is 71.6 Å². The van der Waals surface area contributed by atoms with Crippen molar-refractivity contribution >= 4 is 5.91 Å². The molecule has 128 valence electrons. The largest absolute Gasteiger partial charge is 0.481 e. The van der Waals surface area contributed by atoms with Crippen LogP contribution in [-0.2, 0) is 4.79 Å². The number of nitrogens with zero attached hydrogens (tertiary/aromatic N) is 1. The quantitative estimate of drug-likeness (QED) is 0.927. The highest BCUT2D eigenvalue weighted by Crippen LogP contribution is 2.29. The summed E-state index contributed by atoms with van der Waals surface area (Å²) in [6, 6.07) is 6.58. The Kier molecular flexibility index (Phi) is 5.69. The Labute approximate surface area is 140 Å². The predicted molar refractivity (Wildman–Crippen MR) is 93.7 cm³/mol. The number of hydrogen-bond donors (Lipinski definition) is 1. The van der Waals surface area contributed by atoms with Crippen LogP contribution in [0.3, 0.4) is 0 Å². The highest BCUT2D eigenvalue weighted by Gasteiger charge is 2.31. The number of rotatable bonds is 4. The molecule has 0 radical (unpaired) electrons. The third-order valence-electron chi connectivity index (χ3n) is 4.64. The molecule has 1 saturated heterocycles. The number of ether oxygens (including phenoxy) is 1. The lowest BCUT2D eigenvalue weighted by atomic mass is 9.98. The summed E-state index contributed by atoms with van der Waals surface area (Å²) in [7, 11) is 0. The van der Waals surface area contributed by atoms with Crippen molar-refractivity contribution in [1.29, 1.82) is 0 Å². The Hall–Kier alpha value is -1.55. The van der Waals surface area contributed by atoms with Gasteiger partial charge in [-0.05, 0) is 56.7 Å². The molecule has 1 amide bonds. The Balaban J connectivity index is 2.11. The number of nitrogens with two attached hydrogens (primary N) is 1. The summed E-state index contributed by atoms with van der Waals surface area (Å²) < 4.78 is 6.06. The van der Waals surface area contributed by atoms with Crippen LogP contribution in [0.2, 0.25) is 0 Å². The van der Waals surface area contributed by atoms with Crippen molar-refractivity contribution in [3.05, 3.63) is 29.3 Å². The summed E-state index contributed by atoms with van der Waals surface area (Å²) in [5.74, 6) is 1.24. The molecule has 1 aliphatic heterocycles. The van der Waals surface area contributed by atoms with Gasteiger partial charge in [-0.1, -0.05) is 26.0 Å². The van der Waals surface area contributed by atoms with Crippen molar-refractivity contribution in [2.75, 3.05) is 6.54 Å². The van der Waals surface area contributed by atoms with E-state index in [1.54, 1.807) is 0 Å². The van der Waals surface area contributed by atoms with E-state index < -0.39 is 6.10 Å². The SMILES string of the molecule is Cc1ccc(C(C)C)c(O[C@H](C)C(=O)N2CC[C@@H](N)C[C@H]2C)c1. The van der Waals surface area contributed by atoms with Crippen LogP contribution in [0.5, 0.6) is 5.75 Å². The summed E-state index contributed by atoms with van der Waals surface area (Å²) in [5.41, 5.74) is 8.27. The molecule has 0 saturated carbocycles. The first-order valence-electron chi connectivity index (χ1n) is 8.62. The molecule has 0 unspecified atom stereocenters. The molecule has 1 aromatic carbocycles. The zero-order valence-electron chi connectivity index (χ0n) is 15.0. The lowest BCUT2D eigenvalue weighted by Crippen LogP contribution is -2.52. The van der Waals surface area contributed by atoms with Crippen molar-refractivity contribution in [3.8, 4) is 5.75 Å². The van der Waals surface area contributed by atoms with E-state index in [2.05, 4.69) is 32.9 Å². The van der Waals surface area contributed by atoms with Gasteiger partial charge in [0.2, 0.25) is 0 Å². The molecule has 0 spiro atoms. The van der Waals surface area contributed by atoms with E-state index in [1.165, 1.54) is 0 Å². The van der Waals surface area contributed by atoms with Gasteiger partial charge >= 0.3 is 0 Å². The third kappa shape index (κ3) is 4.25. The van der Waals surface area contributed by atoms with Crippen LogP contribution >= 0.6 is 0 Å². The van der Waals surface area contributed by atoms with Crippen LogP contribution in [-0.4, -0.2) is 35.5 Å². The monoisotopic (exact) mass is 318 g/mol. The molecule has 0 bridgehead atoms. The smallest absolute Gasteiger partial charge is 0.263 e. The summed E-state index contributed by atoms with van der Waals surface area (Å²) in [5, 5.41) is 0. The summed E-state index contributed by atoms with van der Waals surface area (Å²) in [6.45, 7) is 10.9. The second-order valence-corrected chi connectivity index (χ2v) is 7.12. The van der Waals surface area contributed by atoms with Crippen LogP contribution < -0.4 is 10.5 Å². The first kappa shape index (κ1) is 17.8. The summed E-state index contributed by atoms with van der Waals surface area (Å²) in [6.07, 6.45) is 1.25. The topological polar surface area (TPSA) is 55.6 Å². The molecule has 0 aliphatic carbocycles. The van der Waals surface area contributed by atoms with Crippen molar-refractivity contribution in [1.82, 2.24) is 4.90 Å². The second kappa shape index (κ2) is 7.35.